The summed E-state index contributed by atoms with van der Waals surface area (Å²) in [5.41, 5.74) is -0.505. The van der Waals surface area contributed by atoms with Gasteiger partial charge >= 0.3 is 10.2 Å². The van der Waals surface area contributed by atoms with Crippen LogP contribution in [-0.4, -0.2) is 61.7 Å². The zero-order valence-electron chi connectivity index (χ0n) is 21.0. The van der Waals surface area contributed by atoms with Crippen molar-refractivity contribution in [2.24, 2.45) is 0 Å². The molecule has 0 aliphatic rings. The molecule has 0 aliphatic carbocycles. The Kier molecular flexibility index (Phi) is 9.75. The number of nitrogens with zero attached hydrogens (tertiary/aromatic N) is 3. The van der Waals surface area contributed by atoms with Crippen LogP contribution in [0.1, 0.15) is 33.3 Å². The monoisotopic (exact) mass is 560 g/mol. The van der Waals surface area contributed by atoms with Crippen LogP contribution in [0.5, 0.6) is 0 Å². The lowest BCUT2D eigenvalue weighted by Gasteiger charge is -2.34. The van der Waals surface area contributed by atoms with Crippen molar-refractivity contribution >= 4 is 50.9 Å². The van der Waals surface area contributed by atoms with Crippen LogP contribution >= 0.6 is 23.2 Å². The molecule has 2 aromatic carbocycles. The molecule has 0 heterocycles. The average molecular weight is 562 g/mol. The van der Waals surface area contributed by atoms with Crippen molar-refractivity contribution in [3.05, 3.63) is 63.9 Å². The fourth-order valence-electron chi connectivity index (χ4n) is 3.27. The Labute approximate surface area is 222 Å². The standard InChI is InChI=1S/C24H31Cl2FN4O4S/c1-16(23(33)28-24(2,3)4)30(14-17-18(25)10-9-11-19(17)26)22(32)15-31(36(34,35)29(5)6)21-13-8-7-12-20(21)27/h7-13,16H,14-15H2,1-6H3,(H,28,33)/t16-/m1/s1. The van der Waals surface area contributed by atoms with Gasteiger partial charge in [-0.25, -0.2) is 8.70 Å². The van der Waals surface area contributed by atoms with Crippen LogP contribution in [-0.2, 0) is 26.3 Å². The normalized spacial score (nSPS) is 12.8. The minimum absolute atomic E-state index is 0.177. The third-order valence-electron chi connectivity index (χ3n) is 5.20. The summed E-state index contributed by atoms with van der Waals surface area (Å²) in [6, 6.07) is 9.01. The number of rotatable bonds is 9. The number of hydrogen-bond donors (Lipinski definition) is 1. The zero-order chi connectivity index (χ0) is 27.4. The molecule has 0 unspecified atom stereocenters. The number of carbonyl (C=O) groups excluding carboxylic acids is 2. The van der Waals surface area contributed by atoms with Crippen molar-refractivity contribution in [3.63, 3.8) is 0 Å². The van der Waals surface area contributed by atoms with Crippen LogP contribution in [0.2, 0.25) is 10.0 Å². The minimum Gasteiger partial charge on any atom is -0.350 e. The maximum absolute atomic E-state index is 14.7. The maximum Gasteiger partial charge on any atom is 0.304 e. The van der Waals surface area contributed by atoms with E-state index in [2.05, 4.69) is 5.32 Å². The van der Waals surface area contributed by atoms with Crippen LogP contribution < -0.4 is 9.62 Å². The Morgan fingerprint density at radius 3 is 2.08 bits per heavy atom. The number of amides is 2. The fraction of sp³-hybridized carbons (Fsp3) is 0.417. The van der Waals surface area contributed by atoms with Crippen molar-refractivity contribution in [2.75, 3.05) is 24.9 Å². The molecule has 1 N–H and O–H groups in total. The zero-order valence-corrected chi connectivity index (χ0v) is 23.4. The van der Waals surface area contributed by atoms with E-state index in [1.165, 1.54) is 44.1 Å². The fourth-order valence-corrected chi connectivity index (χ4v) is 4.85. The van der Waals surface area contributed by atoms with Crippen LogP contribution in [0.4, 0.5) is 10.1 Å². The molecule has 0 radical (unpaired) electrons. The molecule has 0 saturated carbocycles. The van der Waals surface area contributed by atoms with E-state index in [-0.39, 0.29) is 22.3 Å². The average Bonchev–Trinajstić information content (AvgIpc) is 2.76. The van der Waals surface area contributed by atoms with Gasteiger partial charge in [-0.05, 0) is 52.0 Å². The van der Waals surface area contributed by atoms with Crippen molar-refractivity contribution in [1.82, 2.24) is 14.5 Å². The van der Waals surface area contributed by atoms with Gasteiger partial charge < -0.3 is 10.2 Å². The molecule has 0 fully saturated rings. The molecule has 0 aliphatic heterocycles. The predicted molar refractivity (Wildman–Crippen MR) is 141 cm³/mol. The van der Waals surface area contributed by atoms with Gasteiger partial charge in [-0.15, -0.1) is 0 Å². The molecule has 8 nitrogen and oxygen atoms in total. The first kappa shape index (κ1) is 29.8. The van der Waals surface area contributed by atoms with E-state index >= 15 is 0 Å². The molecule has 0 saturated heterocycles. The molecule has 1 atom stereocenters. The van der Waals surface area contributed by atoms with Crippen LogP contribution in [0, 0.1) is 5.82 Å². The quantitative estimate of drug-likeness (QED) is 0.500. The highest BCUT2D eigenvalue weighted by molar-refractivity contribution is 7.90. The first-order valence-electron chi connectivity index (χ1n) is 11.1. The lowest BCUT2D eigenvalue weighted by atomic mass is 10.1. The van der Waals surface area contributed by atoms with Gasteiger partial charge in [0.05, 0.1) is 5.69 Å². The number of benzene rings is 2. The summed E-state index contributed by atoms with van der Waals surface area (Å²) >= 11 is 12.6. The lowest BCUT2D eigenvalue weighted by molar-refractivity contribution is -0.140. The minimum atomic E-state index is -4.28. The Morgan fingerprint density at radius 2 is 1.58 bits per heavy atom. The first-order valence-corrected chi connectivity index (χ1v) is 13.2. The second kappa shape index (κ2) is 11.8. The molecule has 198 valence electrons. The van der Waals surface area contributed by atoms with E-state index in [4.69, 9.17) is 23.2 Å². The highest BCUT2D eigenvalue weighted by Gasteiger charge is 2.34. The summed E-state index contributed by atoms with van der Waals surface area (Å²) in [5, 5.41) is 3.36. The Morgan fingerprint density at radius 1 is 1.03 bits per heavy atom. The van der Waals surface area contributed by atoms with E-state index in [0.717, 1.165) is 10.4 Å². The van der Waals surface area contributed by atoms with Gasteiger partial charge in [-0.1, -0.05) is 41.4 Å². The maximum atomic E-state index is 14.7. The van der Waals surface area contributed by atoms with Gasteiger partial charge in [0, 0.05) is 41.8 Å². The van der Waals surface area contributed by atoms with Gasteiger partial charge in [-0.3, -0.25) is 9.59 Å². The Hall–Kier alpha value is -2.40. The van der Waals surface area contributed by atoms with Crippen molar-refractivity contribution < 1.29 is 22.4 Å². The summed E-state index contributed by atoms with van der Waals surface area (Å²) < 4.78 is 42.4. The van der Waals surface area contributed by atoms with Gasteiger partial charge in [-0.2, -0.15) is 12.7 Å². The largest absolute Gasteiger partial charge is 0.350 e. The smallest absolute Gasteiger partial charge is 0.304 e. The van der Waals surface area contributed by atoms with Crippen molar-refractivity contribution in [2.45, 2.75) is 45.8 Å². The highest BCUT2D eigenvalue weighted by atomic mass is 35.5. The molecule has 12 heteroatoms. The van der Waals surface area contributed by atoms with Crippen LogP contribution in [0.15, 0.2) is 42.5 Å². The van der Waals surface area contributed by atoms with Crippen molar-refractivity contribution in [3.8, 4) is 0 Å². The summed E-state index contributed by atoms with van der Waals surface area (Å²) in [5.74, 6) is -2.04. The predicted octanol–water partition coefficient (Wildman–Crippen LogP) is 4.08. The SMILES string of the molecule is C[C@H](C(=O)NC(C)(C)C)N(Cc1c(Cl)cccc1Cl)C(=O)CN(c1ccccc1F)S(=O)(=O)N(C)C. The molecular formula is C24H31Cl2FN4O4S. The number of carbonyl (C=O) groups is 2. The second-order valence-corrected chi connectivity index (χ2v) is 12.3. The number of hydrogen-bond acceptors (Lipinski definition) is 4. The molecule has 36 heavy (non-hydrogen) atoms. The summed E-state index contributed by atoms with van der Waals surface area (Å²) in [4.78, 5) is 27.8. The molecule has 0 bridgehead atoms. The van der Waals surface area contributed by atoms with Gasteiger partial charge in [0.1, 0.15) is 18.4 Å². The van der Waals surface area contributed by atoms with E-state index in [9.17, 15) is 22.4 Å². The van der Waals surface area contributed by atoms with E-state index in [1.807, 2.05) is 0 Å². The number of anilines is 1. The van der Waals surface area contributed by atoms with Crippen molar-refractivity contribution in [1.29, 1.82) is 0 Å². The molecule has 2 amide bonds. The summed E-state index contributed by atoms with van der Waals surface area (Å²) in [7, 11) is -1.74. The van der Waals surface area contributed by atoms with E-state index < -0.39 is 46.0 Å². The Balaban J connectivity index is 2.55. The van der Waals surface area contributed by atoms with Crippen LogP contribution in [0.25, 0.3) is 0 Å². The molecule has 2 rings (SSSR count). The molecule has 2 aromatic rings. The number of nitrogens with one attached hydrogen (secondary N) is 1. The molecule has 0 aromatic heterocycles. The number of para-hydroxylation sites is 1. The number of halogens is 3. The molecular weight excluding hydrogens is 530 g/mol. The lowest BCUT2D eigenvalue weighted by Crippen LogP contribution is -2.55. The van der Waals surface area contributed by atoms with Gasteiger partial charge in [0.15, 0.2) is 0 Å². The summed E-state index contributed by atoms with van der Waals surface area (Å²) in [6.07, 6.45) is 0. The van der Waals surface area contributed by atoms with E-state index in [1.54, 1.807) is 39.0 Å². The third-order valence-corrected chi connectivity index (χ3v) is 7.71. The first-order chi connectivity index (χ1) is 16.6. The van der Waals surface area contributed by atoms with Gasteiger partial charge in [0.25, 0.3) is 0 Å². The van der Waals surface area contributed by atoms with Gasteiger partial charge in [0.2, 0.25) is 11.8 Å². The molecule has 0 spiro atoms. The van der Waals surface area contributed by atoms with Crippen LogP contribution in [0.3, 0.4) is 0 Å². The second-order valence-electron chi connectivity index (χ2n) is 9.39. The third kappa shape index (κ3) is 7.32. The highest BCUT2D eigenvalue weighted by Crippen LogP contribution is 2.28. The topological polar surface area (TPSA) is 90.0 Å². The summed E-state index contributed by atoms with van der Waals surface area (Å²) in [6.45, 7) is 5.94. The van der Waals surface area contributed by atoms with E-state index in [0.29, 0.717) is 9.87 Å². The Bertz CT molecular complexity index is 1200.